The molecule has 1 amide bonds. The molecule has 4 heteroatoms. The molecule has 2 N–H and O–H groups in total. The number of methoxy groups -OCH3 is 1. The molecule has 4 nitrogen and oxygen atoms in total. The predicted molar refractivity (Wildman–Crippen MR) is 107 cm³/mol. The molecule has 0 aromatic heterocycles. The Morgan fingerprint density at radius 2 is 1.77 bits per heavy atom. The lowest BCUT2D eigenvalue weighted by Gasteiger charge is -2.31. The van der Waals surface area contributed by atoms with Crippen LogP contribution in [0.4, 0.5) is 0 Å². The summed E-state index contributed by atoms with van der Waals surface area (Å²) in [6.07, 6.45) is 6.81. The quantitative estimate of drug-likeness (QED) is 0.721. The summed E-state index contributed by atoms with van der Waals surface area (Å²) in [6.45, 7) is 6.85. The number of carbonyl (C=O) groups is 1. The van der Waals surface area contributed by atoms with Crippen LogP contribution in [0.1, 0.15) is 58.4 Å². The van der Waals surface area contributed by atoms with E-state index in [1.807, 2.05) is 39.0 Å². The summed E-state index contributed by atoms with van der Waals surface area (Å²) in [4.78, 5) is 10.3. The molecule has 0 spiro atoms. The van der Waals surface area contributed by atoms with Crippen LogP contribution in [0.2, 0.25) is 0 Å². The van der Waals surface area contributed by atoms with Crippen LogP contribution >= 0.6 is 0 Å². The third-order valence-corrected chi connectivity index (χ3v) is 5.11. The molecule has 26 heavy (non-hydrogen) atoms. The molecule has 0 heterocycles. The van der Waals surface area contributed by atoms with Gasteiger partial charge in [0.15, 0.2) is 0 Å². The molecule has 0 saturated heterocycles. The van der Waals surface area contributed by atoms with E-state index in [4.69, 9.17) is 4.74 Å². The maximum Gasteiger partial charge on any atom is 0.207 e. The maximum absolute atomic E-state index is 10.3. The zero-order valence-corrected chi connectivity index (χ0v) is 16.9. The number of ether oxygens (including phenoxy) is 1. The Hall–Kier alpha value is -1.39. The molecule has 1 atom stereocenters. The van der Waals surface area contributed by atoms with E-state index in [1.165, 1.54) is 5.56 Å². The van der Waals surface area contributed by atoms with Gasteiger partial charge in [0.25, 0.3) is 0 Å². The molecular weight excluding hydrogens is 326 g/mol. The topological polar surface area (TPSA) is 58.6 Å². The SMILES string of the molecule is COC(C)(C)C.O=CNCC1CCC(C(O)CCc2ccccc2)CC1. The first-order valence-corrected chi connectivity index (χ1v) is 9.80. The fourth-order valence-corrected chi connectivity index (χ4v) is 3.19. The number of amides is 1. The number of hydrogen-bond acceptors (Lipinski definition) is 3. The highest BCUT2D eigenvalue weighted by Gasteiger charge is 2.25. The van der Waals surface area contributed by atoms with Crippen molar-refractivity contribution in [2.75, 3.05) is 13.7 Å². The summed E-state index contributed by atoms with van der Waals surface area (Å²) in [5.41, 5.74) is 1.34. The lowest BCUT2D eigenvalue weighted by molar-refractivity contribution is -0.109. The minimum atomic E-state index is -0.185. The molecule has 1 aromatic rings. The molecule has 148 valence electrons. The number of nitrogens with one attached hydrogen (secondary N) is 1. The smallest absolute Gasteiger partial charge is 0.207 e. The van der Waals surface area contributed by atoms with Crippen molar-refractivity contribution in [3.63, 3.8) is 0 Å². The zero-order chi connectivity index (χ0) is 19.4. The van der Waals surface area contributed by atoms with E-state index < -0.39 is 0 Å². The summed E-state index contributed by atoms with van der Waals surface area (Å²) < 4.78 is 4.94. The molecule has 0 aliphatic heterocycles. The van der Waals surface area contributed by atoms with E-state index in [0.717, 1.165) is 51.5 Å². The standard InChI is InChI=1S/C17H25NO2.C5H12O/c19-13-18-12-15-6-9-16(10-7-15)17(20)11-8-14-4-2-1-3-5-14;1-5(2,3)6-4/h1-5,13,15-17,20H,6-12H2,(H,18,19);1-4H3. The second-order valence-electron chi connectivity index (χ2n) is 8.22. The number of rotatable bonds is 7. The Kier molecular flexibility index (Phi) is 10.5. The average Bonchev–Trinajstić information content (AvgIpc) is 2.65. The van der Waals surface area contributed by atoms with Gasteiger partial charge in [-0.15, -0.1) is 0 Å². The second kappa shape index (κ2) is 12.1. The monoisotopic (exact) mass is 363 g/mol. The van der Waals surface area contributed by atoms with Crippen LogP contribution in [-0.2, 0) is 16.0 Å². The Bertz CT molecular complexity index is 476. The number of carbonyl (C=O) groups excluding carboxylic acids is 1. The number of aliphatic hydroxyl groups excluding tert-OH is 1. The van der Waals surface area contributed by atoms with Gasteiger partial charge >= 0.3 is 0 Å². The predicted octanol–water partition coefficient (Wildman–Crippen LogP) is 3.96. The van der Waals surface area contributed by atoms with E-state index in [2.05, 4.69) is 17.4 Å². The Morgan fingerprint density at radius 3 is 2.27 bits per heavy atom. The van der Waals surface area contributed by atoms with Crippen LogP contribution in [0.3, 0.4) is 0 Å². The van der Waals surface area contributed by atoms with E-state index in [-0.39, 0.29) is 11.7 Å². The number of benzene rings is 1. The van der Waals surface area contributed by atoms with Gasteiger partial charge in [0.2, 0.25) is 6.41 Å². The third kappa shape index (κ3) is 9.93. The van der Waals surface area contributed by atoms with E-state index >= 15 is 0 Å². The summed E-state index contributed by atoms with van der Waals surface area (Å²) in [5.74, 6) is 1.03. The molecule has 0 radical (unpaired) electrons. The fourth-order valence-electron chi connectivity index (χ4n) is 3.19. The van der Waals surface area contributed by atoms with Crippen LogP contribution in [-0.4, -0.2) is 36.9 Å². The van der Waals surface area contributed by atoms with Gasteiger partial charge in [-0.05, 0) is 76.7 Å². The molecule has 0 bridgehead atoms. The third-order valence-electron chi connectivity index (χ3n) is 5.11. The van der Waals surface area contributed by atoms with Gasteiger partial charge in [0, 0.05) is 13.7 Å². The lowest BCUT2D eigenvalue weighted by atomic mass is 9.78. The van der Waals surface area contributed by atoms with E-state index in [1.54, 1.807) is 7.11 Å². The van der Waals surface area contributed by atoms with Crippen molar-refractivity contribution in [3.8, 4) is 0 Å². The van der Waals surface area contributed by atoms with E-state index in [9.17, 15) is 9.90 Å². The van der Waals surface area contributed by atoms with Crippen molar-refractivity contribution < 1.29 is 14.6 Å². The van der Waals surface area contributed by atoms with Gasteiger partial charge in [-0.2, -0.15) is 0 Å². The Balaban J connectivity index is 0.000000487. The number of hydrogen-bond donors (Lipinski definition) is 2. The molecule has 1 aliphatic carbocycles. The summed E-state index contributed by atoms with van der Waals surface area (Å²) in [7, 11) is 1.71. The molecule has 2 rings (SSSR count). The van der Waals surface area contributed by atoms with Gasteiger partial charge in [-0.25, -0.2) is 0 Å². The molecule has 1 unspecified atom stereocenters. The lowest BCUT2D eigenvalue weighted by Crippen LogP contribution is -2.30. The van der Waals surface area contributed by atoms with Crippen LogP contribution < -0.4 is 5.32 Å². The van der Waals surface area contributed by atoms with Crippen molar-refractivity contribution in [1.29, 1.82) is 0 Å². The Morgan fingerprint density at radius 1 is 1.19 bits per heavy atom. The number of aliphatic hydroxyl groups is 1. The highest BCUT2D eigenvalue weighted by molar-refractivity contribution is 5.45. The summed E-state index contributed by atoms with van der Waals surface area (Å²) in [5, 5.41) is 13.1. The van der Waals surface area contributed by atoms with Gasteiger partial charge in [0.1, 0.15) is 0 Å². The fraction of sp³-hybridized carbons (Fsp3) is 0.682. The van der Waals surface area contributed by atoms with Crippen LogP contribution in [0.25, 0.3) is 0 Å². The van der Waals surface area contributed by atoms with Crippen LogP contribution in [0.5, 0.6) is 0 Å². The van der Waals surface area contributed by atoms with Gasteiger partial charge in [0.05, 0.1) is 11.7 Å². The van der Waals surface area contributed by atoms with Crippen LogP contribution in [0, 0.1) is 11.8 Å². The van der Waals surface area contributed by atoms with Crippen molar-refractivity contribution in [2.45, 2.75) is 71.0 Å². The normalized spacial score (nSPS) is 21.3. The van der Waals surface area contributed by atoms with Crippen molar-refractivity contribution in [1.82, 2.24) is 5.32 Å². The second-order valence-corrected chi connectivity index (χ2v) is 8.22. The number of aryl methyl sites for hydroxylation is 1. The van der Waals surface area contributed by atoms with Gasteiger partial charge in [-0.1, -0.05) is 30.3 Å². The van der Waals surface area contributed by atoms with Crippen molar-refractivity contribution in [3.05, 3.63) is 35.9 Å². The van der Waals surface area contributed by atoms with Gasteiger partial charge < -0.3 is 15.2 Å². The first-order chi connectivity index (χ1) is 12.4. The molecule has 1 aromatic carbocycles. The minimum Gasteiger partial charge on any atom is -0.393 e. The first kappa shape index (κ1) is 22.7. The average molecular weight is 364 g/mol. The summed E-state index contributed by atoms with van der Waals surface area (Å²) >= 11 is 0. The van der Waals surface area contributed by atoms with Crippen molar-refractivity contribution >= 4 is 6.41 Å². The highest BCUT2D eigenvalue weighted by Crippen LogP contribution is 2.31. The highest BCUT2D eigenvalue weighted by atomic mass is 16.5. The minimum absolute atomic E-state index is 0.0417. The van der Waals surface area contributed by atoms with Crippen LogP contribution in [0.15, 0.2) is 30.3 Å². The van der Waals surface area contributed by atoms with Gasteiger partial charge in [-0.3, -0.25) is 4.79 Å². The molecule has 1 aliphatic rings. The molecule has 1 fully saturated rings. The van der Waals surface area contributed by atoms with E-state index in [0.29, 0.717) is 11.8 Å². The van der Waals surface area contributed by atoms with Crippen molar-refractivity contribution in [2.24, 2.45) is 11.8 Å². The first-order valence-electron chi connectivity index (χ1n) is 9.80. The maximum atomic E-state index is 10.3. The largest absolute Gasteiger partial charge is 0.393 e. The summed E-state index contributed by atoms with van der Waals surface area (Å²) in [6, 6.07) is 10.4. The molecule has 1 saturated carbocycles. The molecular formula is C22H37NO3. The Labute approximate surface area is 159 Å². The zero-order valence-electron chi connectivity index (χ0n) is 16.9.